The van der Waals surface area contributed by atoms with Gasteiger partial charge < -0.3 is 14.4 Å². The normalized spacial score (nSPS) is 12.5. The van der Waals surface area contributed by atoms with Crippen molar-refractivity contribution in [2.75, 3.05) is 6.61 Å². The molecule has 0 fully saturated rings. The molecule has 122 valence electrons. The van der Waals surface area contributed by atoms with E-state index < -0.39 is 6.10 Å². The molecule has 4 rings (SSSR count). The van der Waals surface area contributed by atoms with Crippen molar-refractivity contribution in [1.82, 2.24) is 5.16 Å². The van der Waals surface area contributed by atoms with Crippen LogP contribution in [-0.2, 0) is 6.42 Å². The number of nitrogens with zero attached hydrogens (tertiary/aromatic N) is 1. The van der Waals surface area contributed by atoms with Gasteiger partial charge in [-0.15, -0.1) is 11.3 Å². The van der Waals surface area contributed by atoms with Gasteiger partial charge in [0.2, 0.25) is 0 Å². The van der Waals surface area contributed by atoms with Crippen LogP contribution in [0.4, 0.5) is 0 Å². The summed E-state index contributed by atoms with van der Waals surface area (Å²) in [6.45, 7) is 0.256. The van der Waals surface area contributed by atoms with Crippen LogP contribution >= 0.6 is 22.7 Å². The second-order valence-corrected chi connectivity index (χ2v) is 7.17. The van der Waals surface area contributed by atoms with Gasteiger partial charge in [-0.2, -0.15) is 11.3 Å². The summed E-state index contributed by atoms with van der Waals surface area (Å²) in [6, 6.07) is 11.6. The fraction of sp³-hybridized carbons (Fsp3) is 0.167. The summed E-state index contributed by atoms with van der Waals surface area (Å²) >= 11 is 3.24. The predicted molar refractivity (Wildman–Crippen MR) is 96.8 cm³/mol. The summed E-state index contributed by atoms with van der Waals surface area (Å²) in [5.41, 5.74) is 3.70. The van der Waals surface area contributed by atoms with E-state index in [2.05, 4.69) is 5.16 Å². The summed E-state index contributed by atoms with van der Waals surface area (Å²) in [7, 11) is 0. The third kappa shape index (κ3) is 3.21. The Hall–Kier alpha value is -2.15. The van der Waals surface area contributed by atoms with Crippen molar-refractivity contribution in [2.45, 2.75) is 12.5 Å². The first-order valence-corrected chi connectivity index (χ1v) is 9.37. The summed E-state index contributed by atoms with van der Waals surface area (Å²) in [4.78, 5) is 0. The van der Waals surface area contributed by atoms with E-state index in [0.29, 0.717) is 12.2 Å². The molecular weight excluding hydrogens is 342 g/mol. The summed E-state index contributed by atoms with van der Waals surface area (Å²) in [5.74, 6) is 0.713. The third-order valence-corrected chi connectivity index (χ3v) is 5.32. The number of hydrogen-bond donors (Lipinski definition) is 1. The molecule has 0 unspecified atom stereocenters. The van der Waals surface area contributed by atoms with Crippen LogP contribution in [0.25, 0.3) is 21.5 Å². The van der Waals surface area contributed by atoms with E-state index in [4.69, 9.17) is 9.26 Å². The highest BCUT2D eigenvalue weighted by Gasteiger charge is 2.13. The Morgan fingerprint density at radius 2 is 2.17 bits per heavy atom. The Balaban J connectivity index is 1.46. The molecule has 4 nitrogen and oxygen atoms in total. The zero-order chi connectivity index (χ0) is 16.4. The third-order valence-electron chi connectivity index (χ3n) is 3.68. The molecule has 0 spiro atoms. The number of fused-ring (bicyclic) bond motifs is 1. The number of ether oxygens (including phenoxy) is 1. The number of benzene rings is 1. The SMILES string of the molecule is O[C@@H](COc1cccc(-c2noc3ccsc23)c1)Cc1ccsc1. The van der Waals surface area contributed by atoms with Crippen molar-refractivity contribution in [3.63, 3.8) is 0 Å². The molecule has 1 aromatic carbocycles. The van der Waals surface area contributed by atoms with Crippen LogP contribution < -0.4 is 4.74 Å². The fourth-order valence-electron chi connectivity index (χ4n) is 2.53. The second-order valence-electron chi connectivity index (χ2n) is 5.47. The minimum absolute atomic E-state index is 0.256. The minimum atomic E-state index is -0.528. The Morgan fingerprint density at radius 3 is 3.04 bits per heavy atom. The highest BCUT2D eigenvalue weighted by Crippen LogP contribution is 2.33. The number of hydrogen-bond acceptors (Lipinski definition) is 6. The molecule has 3 aromatic heterocycles. The largest absolute Gasteiger partial charge is 0.491 e. The maximum absolute atomic E-state index is 10.1. The van der Waals surface area contributed by atoms with Crippen molar-refractivity contribution in [2.24, 2.45) is 0 Å². The smallest absolute Gasteiger partial charge is 0.178 e. The van der Waals surface area contributed by atoms with Gasteiger partial charge in [-0.05, 0) is 46.0 Å². The fourth-order valence-corrected chi connectivity index (χ4v) is 4.02. The van der Waals surface area contributed by atoms with Gasteiger partial charge in [-0.25, -0.2) is 0 Å². The Bertz CT molecular complexity index is 927. The van der Waals surface area contributed by atoms with Crippen LogP contribution in [0, 0.1) is 0 Å². The molecule has 0 amide bonds. The molecule has 4 aromatic rings. The number of aliphatic hydroxyl groups excluding tert-OH is 1. The second kappa shape index (κ2) is 6.76. The first-order valence-electron chi connectivity index (χ1n) is 7.55. The van der Waals surface area contributed by atoms with Gasteiger partial charge in [0.15, 0.2) is 5.58 Å². The lowest BCUT2D eigenvalue weighted by Crippen LogP contribution is -2.19. The van der Waals surface area contributed by atoms with Crippen molar-refractivity contribution in [3.8, 4) is 17.0 Å². The van der Waals surface area contributed by atoms with Crippen molar-refractivity contribution in [3.05, 3.63) is 58.1 Å². The topological polar surface area (TPSA) is 55.5 Å². The molecule has 1 N–H and O–H groups in total. The lowest BCUT2D eigenvalue weighted by atomic mass is 10.1. The molecule has 0 aliphatic heterocycles. The maximum atomic E-state index is 10.1. The highest BCUT2D eigenvalue weighted by molar-refractivity contribution is 7.17. The number of rotatable bonds is 6. The monoisotopic (exact) mass is 357 g/mol. The van der Waals surface area contributed by atoms with Gasteiger partial charge >= 0.3 is 0 Å². The van der Waals surface area contributed by atoms with E-state index in [1.54, 1.807) is 22.7 Å². The zero-order valence-corrected chi connectivity index (χ0v) is 14.3. The molecular formula is C18H15NO3S2. The minimum Gasteiger partial charge on any atom is -0.491 e. The van der Waals surface area contributed by atoms with Crippen molar-refractivity contribution >= 4 is 33.0 Å². The lowest BCUT2D eigenvalue weighted by molar-refractivity contribution is 0.108. The van der Waals surface area contributed by atoms with E-state index >= 15 is 0 Å². The van der Waals surface area contributed by atoms with Gasteiger partial charge in [0.1, 0.15) is 22.8 Å². The summed E-state index contributed by atoms with van der Waals surface area (Å²) in [5, 5.41) is 20.3. The molecule has 0 bridgehead atoms. The van der Waals surface area contributed by atoms with Crippen LogP contribution in [0.5, 0.6) is 5.75 Å². The van der Waals surface area contributed by atoms with Crippen LogP contribution in [-0.4, -0.2) is 23.0 Å². The van der Waals surface area contributed by atoms with Crippen LogP contribution in [0.1, 0.15) is 5.56 Å². The number of aliphatic hydroxyl groups is 1. The number of thiophene rings is 2. The van der Waals surface area contributed by atoms with Crippen LogP contribution in [0.2, 0.25) is 0 Å². The molecule has 0 radical (unpaired) electrons. The molecule has 24 heavy (non-hydrogen) atoms. The van der Waals surface area contributed by atoms with Gasteiger partial charge in [0, 0.05) is 12.0 Å². The first kappa shape index (κ1) is 15.4. The Kier molecular flexibility index (Phi) is 4.34. The number of aromatic nitrogens is 1. The van der Waals surface area contributed by atoms with E-state index in [9.17, 15) is 5.11 Å². The highest BCUT2D eigenvalue weighted by atomic mass is 32.1. The van der Waals surface area contributed by atoms with Gasteiger partial charge in [0.25, 0.3) is 0 Å². The molecule has 1 atom stereocenters. The molecule has 0 saturated carbocycles. The maximum Gasteiger partial charge on any atom is 0.178 e. The average Bonchev–Trinajstić information content (AvgIpc) is 3.31. The molecule has 6 heteroatoms. The van der Waals surface area contributed by atoms with Gasteiger partial charge in [-0.3, -0.25) is 0 Å². The van der Waals surface area contributed by atoms with Crippen LogP contribution in [0.3, 0.4) is 0 Å². The molecule has 0 aliphatic carbocycles. The van der Waals surface area contributed by atoms with Gasteiger partial charge in [0.05, 0.1) is 6.10 Å². The molecule has 0 saturated heterocycles. The van der Waals surface area contributed by atoms with E-state index in [-0.39, 0.29) is 6.61 Å². The standard InChI is InChI=1S/C18H15NO3S2/c20-14(8-12-4-6-23-11-12)10-21-15-3-1-2-13(9-15)17-18-16(22-19-17)5-7-24-18/h1-7,9,11,14,20H,8,10H2/t14-/m1/s1. The Morgan fingerprint density at radius 1 is 1.21 bits per heavy atom. The van der Waals surface area contributed by atoms with Crippen molar-refractivity contribution in [1.29, 1.82) is 0 Å². The summed E-state index contributed by atoms with van der Waals surface area (Å²) < 4.78 is 12.1. The predicted octanol–water partition coefficient (Wildman–Crippen LogP) is 4.60. The quantitative estimate of drug-likeness (QED) is 0.548. The van der Waals surface area contributed by atoms with Gasteiger partial charge in [-0.1, -0.05) is 17.3 Å². The van der Waals surface area contributed by atoms with E-state index in [1.165, 1.54) is 0 Å². The van der Waals surface area contributed by atoms with Crippen LogP contribution in [0.15, 0.2) is 57.1 Å². The van der Waals surface area contributed by atoms with Crippen molar-refractivity contribution < 1.29 is 14.4 Å². The van der Waals surface area contributed by atoms with E-state index in [1.807, 2.05) is 52.5 Å². The Labute approximate surface area is 146 Å². The van der Waals surface area contributed by atoms with E-state index in [0.717, 1.165) is 27.1 Å². The molecule has 0 aliphatic rings. The molecule has 3 heterocycles. The first-order chi connectivity index (χ1) is 11.8. The summed E-state index contributed by atoms with van der Waals surface area (Å²) in [6.07, 6.45) is 0.0711. The zero-order valence-electron chi connectivity index (χ0n) is 12.7. The lowest BCUT2D eigenvalue weighted by Gasteiger charge is -2.12. The average molecular weight is 357 g/mol.